The average Bonchev–Trinajstić information content (AvgIpc) is 2.93. The average molecular weight is 746 g/mol. The number of carboxylic acid groups (broad SMARTS) is 1. The molecule has 2 aliphatic carbocycles. The van der Waals surface area contributed by atoms with E-state index in [1.165, 1.54) is 7.11 Å². The number of hydrogen-bond donors (Lipinski definition) is 1. The van der Waals surface area contributed by atoms with Crippen LogP contribution in [0.25, 0.3) is 0 Å². The second kappa shape index (κ2) is 11.8. The molecule has 13 nitrogen and oxygen atoms in total. The van der Waals surface area contributed by atoms with E-state index in [0.717, 1.165) is 18.2 Å². The number of carbonyl (C=O) groups is 3. The van der Waals surface area contributed by atoms with Gasteiger partial charge in [-0.05, 0) is 70.0 Å². The first-order chi connectivity index (χ1) is 21.4. The minimum absolute atomic E-state index is 0.0998. The predicted octanol–water partition coefficient (Wildman–Crippen LogP) is 6.68. The maximum atomic E-state index is 14.0. The molecule has 0 unspecified atom stereocenters. The number of ether oxygens (including phenoxy) is 2. The van der Waals surface area contributed by atoms with Gasteiger partial charge >= 0.3 is 11.7 Å². The van der Waals surface area contributed by atoms with Crippen LogP contribution in [0, 0.1) is 34.6 Å². The van der Waals surface area contributed by atoms with E-state index in [4.69, 9.17) is 9.47 Å². The van der Waals surface area contributed by atoms with Gasteiger partial charge in [0.2, 0.25) is 5.75 Å². The third-order valence-corrected chi connectivity index (χ3v) is 9.26. The number of carboxylic acids is 1. The lowest BCUT2D eigenvalue weighted by atomic mass is 9.63. The molecule has 0 radical (unpaired) electrons. The predicted molar refractivity (Wildman–Crippen MR) is 173 cm³/mol. The summed E-state index contributed by atoms with van der Waals surface area (Å²) in [5, 5.41) is 32.9. The molecule has 242 valence electrons. The summed E-state index contributed by atoms with van der Waals surface area (Å²) in [6, 6.07) is 6.36. The van der Waals surface area contributed by atoms with Crippen LogP contribution < -0.4 is 9.47 Å². The number of aliphatic carboxylic acids is 1. The molecule has 0 bridgehead atoms. The van der Waals surface area contributed by atoms with E-state index in [1.54, 1.807) is 17.0 Å². The normalized spacial score (nSPS) is 19.0. The summed E-state index contributed by atoms with van der Waals surface area (Å²) in [4.78, 5) is 63.1. The van der Waals surface area contributed by atoms with E-state index < -0.39 is 50.5 Å². The van der Waals surface area contributed by atoms with Crippen LogP contribution in [0.1, 0.15) is 64.9 Å². The molecule has 46 heavy (non-hydrogen) atoms. The van der Waals surface area contributed by atoms with E-state index >= 15 is 0 Å². The number of rotatable bonds is 8. The van der Waals surface area contributed by atoms with Crippen molar-refractivity contribution in [3.05, 3.63) is 82.2 Å². The SMILES string of the molecule is COc1cc(C2C3=C(CC(C)(C)CC3=O)N(CC(=O)O)C3=C2C(=O)CC(C)(C)C3)cc(I)c1Oc1ccc([N+](=O)[O-])cc1[N+](=O)[O-]. The molecule has 0 amide bonds. The first kappa shape index (κ1) is 33.0. The first-order valence-corrected chi connectivity index (χ1v) is 15.5. The van der Waals surface area contributed by atoms with Gasteiger partial charge in [0.15, 0.2) is 23.1 Å². The van der Waals surface area contributed by atoms with Gasteiger partial charge in [-0.2, -0.15) is 0 Å². The second-order valence-electron chi connectivity index (χ2n) is 13.3. The van der Waals surface area contributed by atoms with Gasteiger partial charge in [-0.1, -0.05) is 27.7 Å². The highest BCUT2D eigenvalue weighted by Crippen LogP contribution is 2.55. The molecule has 1 N–H and O–H groups in total. The quantitative estimate of drug-likeness (QED) is 0.173. The summed E-state index contributed by atoms with van der Waals surface area (Å²) >= 11 is 1.97. The smallest absolute Gasteiger partial charge is 0.323 e. The Bertz CT molecular complexity index is 1740. The first-order valence-electron chi connectivity index (χ1n) is 14.4. The highest BCUT2D eigenvalue weighted by atomic mass is 127. The van der Waals surface area contributed by atoms with Crippen molar-refractivity contribution in [1.29, 1.82) is 0 Å². The molecule has 1 heterocycles. The standard InChI is InChI=1S/C32H32IN3O10/c1-31(2)11-20-28(22(37)13-31)27(29-21(34(20)15-26(39)40)12-32(3,4)14-23(29)38)16-8-18(33)30(25(9-16)45-5)46-24-7-6-17(35(41)42)10-19(24)36(43)44/h6-10,27H,11-15H2,1-5H3,(H,39,40). The van der Waals surface area contributed by atoms with Crippen molar-refractivity contribution in [2.45, 2.75) is 59.3 Å². The molecule has 0 saturated heterocycles. The summed E-state index contributed by atoms with van der Waals surface area (Å²) in [7, 11) is 1.37. The van der Waals surface area contributed by atoms with Crippen molar-refractivity contribution in [2.75, 3.05) is 13.7 Å². The number of allylic oxidation sites excluding steroid dienone is 4. The molecule has 3 aliphatic rings. The Hall–Kier alpha value is -4.34. The number of hydrogen-bond acceptors (Lipinski definition) is 10. The van der Waals surface area contributed by atoms with Crippen LogP contribution in [0.2, 0.25) is 0 Å². The molecule has 2 aromatic carbocycles. The topological polar surface area (TPSA) is 179 Å². The molecule has 0 aromatic heterocycles. The summed E-state index contributed by atoms with van der Waals surface area (Å²) in [6.45, 7) is 7.44. The van der Waals surface area contributed by atoms with Crippen molar-refractivity contribution in [3.63, 3.8) is 0 Å². The van der Waals surface area contributed by atoms with Crippen LogP contribution >= 0.6 is 22.6 Å². The Morgan fingerprint density at radius 3 is 1.98 bits per heavy atom. The van der Waals surface area contributed by atoms with Gasteiger partial charge in [0.25, 0.3) is 5.69 Å². The Morgan fingerprint density at radius 2 is 1.50 bits per heavy atom. The number of halogens is 1. The number of methoxy groups -OCH3 is 1. The van der Waals surface area contributed by atoms with Crippen molar-refractivity contribution in [1.82, 2.24) is 4.90 Å². The van der Waals surface area contributed by atoms with Crippen molar-refractivity contribution in [2.24, 2.45) is 10.8 Å². The maximum absolute atomic E-state index is 14.0. The fourth-order valence-electron chi connectivity index (χ4n) is 6.67. The van der Waals surface area contributed by atoms with Gasteiger partial charge < -0.3 is 19.5 Å². The maximum Gasteiger partial charge on any atom is 0.323 e. The molecule has 0 atom stereocenters. The zero-order valence-electron chi connectivity index (χ0n) is 25.8. The lowest BCUT2D eigenvalue weighted by molar-refractivity contribution is -0.394. The Kier molecular flexibility index (Phi) is 8.47. The van der Waals surface area contributed by atoms with Gasteiger partial charge in [0, 0.05) is 47.4 Å². The van der Waals surface area contributed by atoms with Crippen molar-refractivity contribution >= 4 is 51.5 Å². The molecule has 2 aromatic rings. The number of non-ortho nitro benzene ring substituents is 1. The van der Waals surface area contributed by atoms with Crippen LogP contribution in [0.5, 0.6) is 17.2 Å². The van der Waals surface area contributed by atoms with Crippen LogP contribution in [0.3, 0.4) is 0 Å². The molecule has 0 saturated carbocycles. The fourth-order valence-corrected chi connectivity index (χ4v) is 7.41. The Balaban J connectivity index is 1.71. The summed E-state index contributed by atoms with van der Waals surface area (Å²) in [5.74, 6) is -2.22. The van der Waals surface area contributed by atoms with E-state index in [1.807, 2.05) is 50.3 Å². The fraction of sp³-hybridized carbons (Fsp3) is 0.406. The summed E-state index contributed by atoms with van der Waals surface area (Å²) in [6.07, 6.45) is 1.29. The monoisotopic (exact) mass is 745 g/mol. The number of Topliss-reactive ketones (excluding diaryl/α,β-unsaturated/α-hetero) is 2. The number of nitro groups is 2. The number of ketones is 2. The van der Waals surface area contributed by atoms with Crippen LogP contribution in [-0.2, 0) is 14.4 Å². The Labute approximate surface area is 277 Å². The van der Waals surface area contributed by atoms with E-state index in [9.17, 15) is 39.7 Å². The lowest BCUT2D eigenvalue weighted by Gasteiger charge is -2.48. The zero-order valence-corrected chi connectivity index (χ0v) is 28.0. The van der Waals surface area contributed by atoms with Gasteiger partial charge in [-0.15, -0.1) is 0 Å². The number of carbonyl (C=O) groups excluding carboxylic acids is 2. The molecule has 0 spiro atoms. The van der Waals surface area contributed by atoms with Crippen LogP contribution in [-0.4, -0.2) is 51.0 Å². The van der Waals surface area contributed by atoms with Gasteiger partial charge in [-0.25, -0.2) is 0 Å². The summed E-state index contributed by atoms with van der Waals surface area (Å²) in [5.41, 5.74) is 0.524. The van der Waals surface area contributed by atoms with Gasteiger partial charge in [0.1, 0.15) is 6.54 Å². The lowest BCUT2D eigenvalue weighted by Crippen LogP contribution is -2.45. The largest absolute Gasteiger partial charge is 0.493 e. The second-order valence-corrected chi connectivity index (χ2v) is 14.5. The summed E-state index contributed by atoms with van der Waals surface area (Å²) < 4.78 is 12.0. The molecular weight excluding hydrogens is 713 g/mol. The van der Waals surface area contributed by atoms with E-state index in [2.05, 4.69) is 0 Å². The van der Waals surface area contributed by atoms with Crippen molar-refractivity contribution in [3.8, 4) is 17.2 Å². The number of nitrogens with zero attached hydrogens (tertiary/aromatic N) is 3. The minimum atomic E-state index is -1.08. The molecule has 5 rings (SSSR count). The van der Waals surface area contributed by atoms with Crippen molar-refractivity contribution < 1.29 is 38.8 Å². The van der Waals surface area contributed by atoms with Crippen LogP contribution in [0.4, 0.5) is 11.4 Å². The number of benzene rings is 2. The molecular formula is C32H32IN3O10. The molecule has 1 aliphatic heterocycles. The molecule has 0 fully saturated rings. The van der Waals surface area contributed by atoms with Crippen LogP contribution in [0.15, 0.2) is 52.9 Å². The highest BCUT2D eigenvalue weighted by molar-refractivity contribution is 14.1. The Morgan fingerprint density at radius 1 is 0.935 bits per heavy atom. The minimum Gasteiger partial charge on any atom is -0.493 e. The van der Waals surface area contributed by atoms with Gasteiger partial charge in [0.05, 0.1) is 26.6 Å². The zero-order chi connectivity index (χ0) is 33.9. The highest BCUT2D eigenvalue weighted by Gasteiger charge is 2.49. The van der Waals surface area contributed by atoms with E-state index in [0.29, 0.717) is 44.5 Å². The molecule has 14 heteroatoms. The van der Waals surface area contributed by atoms with E-state index in [-0.39, 0.29) is 41.7 Å². The third-order valence-electron chi connectivity index (χ3n) is 8.46. The number of nitro benzene ring substituents is 2. The third kappa shape index (κ3) is 6.09. The van der Waals surface area contributed by atoms with Gasteiger partial charge in [-0.3, -0.25) is 34.6 Å².